The van der Waals surface area contributed by atoms with Crippen LogP contribution in [-0.4, -0.2) is 30.3 Å². The molecule has 0 atom stereocenters. The van der Waals surface area contributed by atoms with Crippen LogP contribution in [0.3, 0.4) is 0 Å². The lowest BCUT2D eigenvalue weighted by molar-refractivity contribution is 0.0696. The summed E-state index contributed by atoms with van der Waals surface area (Å²) in [4.78, 5) is 12.2. The molecule has 2 heterocycles. The Bertz CT molecular complexity index is 590. The van der Waals surface area contributed by atoms with Crippen LogP contribution in [0.15, 0.2) is 41.1 Å². The van der Waals surface area contributed by atoms with Crippen LogP contribution in [0.1, 0.15) is 28.9 Å². The number of amides is 1. The van der Waals surface area contributed by atoms with Crippen LogP contribution in [0.2, 0.25) is 0 Å². The zero-order valence-electron chi connectivity index (χ0n) is 12.2. The van der Waals surface area contributed by atoms with Crippen LogP contribution < -0.4 is 10.6 Å². The fourth-order valence-corrected chi connectivity index (χ4v) is 2.37. The van der Waals surface area contributed by atoms with Crippen molar-refractivity contribution in [2.45, 2.75) is 25.4 Å². The molecule has 1 aliphatic heterocycles. The summed E-state index contributed by atoms with van der Waals surface area (Å²) in [5, 5.41) is 10.1. The van der Waals surface area contributed by atoms with Gasteiger partial charge in [-0.15, -0.1) is 0 Å². The first kappa shape index (κ1) is 14.6. The number of nitrogens with zero attached hydrogens (tertiary/aromatic N) is 1. The first-order valence-corrected chi connectivity index (χ1v) is 7.43. The van der Waals surface area contributed by atoms with E-state index < -0.39 is 0 Å². The second-order valence-electron chi connectivity index (χ2n) is 5.28. The lowest BCUT2D eigenvalue weighted by Gasteiger charge is -2.23. The van der Waals surface area contributed by atoms with E-state index in [1.165, 1.54) is 0 Å². The van der Waals surface area contributed by atoms with Gasteiger partial charge >= 0.3 is 0 Å². The molecule has 0 aliphatic carbocycles. The van der Waals surface area contributed by atoms with Gasteiger partial charge in [0.1, 0.15) is 12.0 Å². The van der Waals surface area contributed by atoms with Crippen LogP contribution in [-0.2, 0) is 11.3 Å². The molecule has 116 valence electrons. The normalized spacial score (nSPS) is 15.5. The van der Waals surface area contributed by atoms with E-state index in [9.17, 15) is 4.79 Å². The van der Waals surface area contributed by atoms with Crippen LogP contribution >= 0.6 is 0 Å². The molecule has 1 saturated heterocycles. The maximum absolute atomic E-state index is 12.2. The summed E-state index contributed by atoms with van der Waals surface area (Å²) >= 11 is 0. The molecule has 0 unspecified atom stereocenters. The number of hydrogen-bond acceptors (Lipinski definition) is 5. The van der Waals surface area contributed by atoms with Gasteiger partial charge in [0.2, 0.25) is 0 Å². The van der Waals surface area contributed by atoms with Crippen molar-refractivity contribution in [3.8, 4) is 0 Å². The lowest BCUT2D eigenvalue weighted by Crippen LogP contribution is -2.38. The molecular formula is C16H19N3O3. The van der Waals surface area contributed by atoms with E-state index in [0.29, 0.717) is 12.1 Å². The molecule has 22 heavy (non-hydrogen) atoms. The van der Waals surface area contributed by atoms with Crippen LogP contribution in [0.4, 0.5) is 5.69 Å². The third-order valence-corrected chi connectivity index (χ3v) is 3.67. The van der Waals surface area contributed by atoms with E-state index in [2.05, 4.69) is 15.8 Å². The van der Waals surface area contributed by atoms with E-state index in [4.69, 9.17) is 9.26 Å². The minimum absolute atomic E-state index is 0.0325. The standard InChI is InChI=1S/C16H19N3O3/c20-16(18-14-5-8-21-9-6-14)12-1-3-13(4-2-12)17-11-15-7-10-22-19-15/h1-4,7,10,14,17H,5-6,8-9,11H2,(H,18,20). The zero-order chi connectivity index (χ0) is 15.2. The Morgan fingerprint density at radius 2 is 1.95 bits per heavy atom. The average molecular weight is 301 g/mol. The monoisotopic (exact) mass is 301 g/mol. The van der Waals surface area contributed by atoms with E-state index in [1.807, 2.05) is 30.3 Å². The molecule has 1 amide bonds. The molecule has 6 nitrogen and oxygen atoms in total. The molecule has 2 N–H and O–H groups in total. The predicted octanol–water partition coefficient (Wildman–Crippen LogP) is 2.20. The van der Waals surface area contributed by atoms with Crippen LogP contribution in [0.5, 0.6) is 0 Å². The zero-order valence-corrected chi connectivity index (χ0v) is 12.2. The summed E-state index contributed by atoms with van der Waals surface area (Å²) in [7, 11) is 0. The summed E-state index contributed by atoms with van der Waals surface area (Å²) in [5.41, 5.74) is 2.44. The smallest absolute Gasteiger partial charge is 0.251 e. The van der Waals surface area contributed by atoms with E-state index in [0.717, 1.165) is 37.4 Å². The highest BCUT2D eigenvalue weighted by molar-refractivity contribution is 5.94. The summed E-state index contributed by atoms with van der Waals surface area (Å²) in [6.45, 7) is 2.02. The third kappa shape index (κ3) is 3.85. The number of benzene rings is 1. The largest absolute Gasteiger partial charge is 0.381 e. The van der Waals surface area contributed by atoms with Crippen molar-refractivity contribution in [2.75, 3.05) is 18.5 Å². The minimum Gasteiger partial charge on any atom is -0.381 e. The summed E-state index contributed by atoms with van der Waals surface area (Å²) in [6, 6.07) is 9.44. The Kier molecular flexibility index (Phi) is 4.70. The maximum atomic E-state index is 12.2. The predicted molar refractivity (Wildman–Crippen MR) is 81.6 cm³/mol. The molecule has 3 rings (SSSR count). The first-order valence-electron chi connectivity index (χ1n) is 7.43. The van der Waals surface area contributed by atoms with Crippen molar-refractivity contribution in [3.05, 3.63) is 47.9 Å². The minimum atomic E-state index is -0.0325. The quantitative estimate of drug-likeness (QED) is 0.885. The van der Waals surface area contributed by atoms with Gasteiger partial charge < -0.3 is 19.9 Å². The van der Waals surface area contributed by atoms with Crippen molar-refractivity contribution in [2.24, 2.45) is 0 Å². The fraction of sp³-hybridized carbons (Fsp3) is 0.375. The molecule has 1 fully saturated rings. The number of aromatic nitrogens is 1. The summed E-state index contributed by atoms with van der Waals surface area (Å²) < 4.78 is 10.1. The number of nitrogens with one attached hydrogen (secondary N) is 2. The lowest BCUT2D eigenvalue weighted by atomic mass is 10.1. The van der Waals surface area contributed by atoms with Gasteiger partial charge in [-0.05, 0) is 37.1 Å². The Hall–Kier alpha value is -2.34. The molecule has 0 bridgehead atoms. The Morgan fingerprint density at radius 3 is 2.64 bits per heavy atom. The topological polar surface area (TPSA) is 76.4 Å². The number of hydrogen-bond donors (Lipinski definition) is 2. The SMILES string of the molecule is O=C(NC1CCOCC1)c1ccc(NCc2ccon2)cc1. The summed E-state index contributed by atoms with van der Waals surface area (Å²) in [5.74, 6) is -0.0325. The van der Waals surface area contributed by atoms with Gasteiger partial charge in [-0.3, -0.25) is 4.79 Å². The molecule has 2 aromatic rings. The van der Waals surface area contributed by atoms with Gasteiger partial charge in [0.05, 0.1) is 6.54 Å². The highest BCUT2D eigenvalue weighted by atomic mass is 16.5. The van der Waals surface area contributed by atoms with Gasteiger partial charge in [0.25, 0.3) is 5.91 Å². The maximum Gasteiger partial charge on any atom is 0.251 e. The Balaban J connectivity index is 1.52. The van der Waals surface area contributed by atoms with Crippen molar-refractivity contribution >= 4 is 11.6 Å². The van der Waals surface area contributed by atoms with Gasteiger partial charge in [-0.2, -0.15) is 0 Å². The Morgan fingerprint density at radius 1 is 1.18 bits per heavy atom. The second kappa shape index (κ2) is 7.09. The van der Waals surface area contributed by atoms with Crippen molar-refractivity contribution in [1.82, 2.24) is 10.5 Å². The van der Waals surface area contributed by atoms with E-state index in [1.54, 1.807) is 6.26 Å². The Labute approximate surface area is 128 Å². The number of rotatable bonds is 5. The summed E-state index contributed by atoms with van der Waals surface area (Å²) in [6.07, 6.45) is 3.30. The molecule has 6 heteroatoms. The van der Waals surface area contributed by atoms with Crippen molar-refractivity contribution in [3.63, 3.8) is 0 Å². The molecule has 1 aromatic heterocycles. The van der Waals surface area contributed by atoms with E-state index >= 15 is 0 Å². The third-order valence-electron chi connectivity index (χ3n) is 3.67. The van der Waals surface area contributed by atoms with Crippen LogP contribution in [0, 0.1) is 0 Å². The average Bonchev–Trinajstić information content (AvgIpc) is 3.08. The molecule has 1 aromatic carbocycles. The highest BCUT2D eigenvalue weighted by Crippen LogP contribution is 2.12. The van der Waals surface area contributed by atoms with Gasteiger partial charge in [0, 0.05) is 36.6 Å². The van der Waals surface area contributed by atoms with Gasteiger partial charge in [-0.25, -0.2) is 0 Å². The van der Waals surface area contributed by atoms with Gasteiger partial charge in [0.15, 0.2) is 0 Å². The fourth-order valence-electron chi connectivity index (χ4n) is 2.37. The second-order valence-corrected chi connectivity index (χ2v) is 5.28. The van der Waals surface area contributed by atoms with E-state index in [-0.39, 0.29) is 11.9 Å². The molecular weight excluding hydrogens is 282 g/mol. The number of carbonyl (C=O) groups is 1. The number of ether oxygens (including phenoxy) is 1. The highest BCUT2D eigenvalue weighted by Gasteiger charge is 2.16. The molecule has 0 spiro atoms. The molecule has 0 saturated carbocycles. The molecule has 0 radical (unpaired) electrons. The van der Waals surface area contributed by atoms with Crippen LogP contribution in [0.25, 0.3) is 0 Å². The number of carbonyl (C=O) groups excluding carboxylic acids is 1. The first-order chi connectivity index (χ1) is 10.8. The number of anilines is 1. The van der Waals surface area contributed by atoms with Crippen molar-refractivity contribution < 1.29 is 14.1 Å². The molecule has 1 aliphatic rings. The van der Waals surface area contributed by atoms with Crippen molar-refractivity contribution in [1.29, 1.82) is 0 Å². The van der Waals surface area contributed by atoms with Gasteiger partial charge in [-0.1, -0.05) is 5.16 Å².